The molecule has 0 fully saturated rings. The number of nitrogens with zero attached hydrogens (tertiary/aromatic N) is 4. The van der Waals surface area contributed by atoms with Crippen molar-refractivity contribution in [2.24, 2.45) is 0 Å². The number of hydrogen-bond donors (Lipinski definition) is 1. The fourth-order valence-electron chi connectivity index (χ4n) is 2.40. The molecule has 106 valence electrons. The summed E-state index contributed by atoms with van der Waals surface area (Å²) in [5.41, 5.74) is 3.41. The van der Waals surface area contributed by atoms with Crippen LogP contribution in [0.3, 0.4) is 0 Å². The third-order valence-electron chi connectivity index (χ3n) is 3.44. The first kappa shape index (κ1) is 13.2. The van der Waals surface area contributed by atoms with Crippen LogP contribution < -0.4 is 0 Å². The van der Waals surface area contributed by atoms with Crippen LogP contribution in [0.4, 0.5) is 0 Å². The summed E-state index contributed by atoms with van der Waals surface area (Å²) in [5, 5.41) is 17.7. The molecule has 0 aliphatic carbocycles. The van der Waals surface area contributed by atoms with Gasteiger partial charge in [-0.15, -0.1) is 5.10 Å². The average molecular weight is 282 g/mol. The minimum absolute atomic E-state index is 0.00918. The Morgan fingerprint density at radius 2 is 2.05 bits per heavy atom. The number of aromatic nitrogens is 4. The summed E-state index contributed by atoms with van der Waals surface area (Å²) in [6.45, 7) is 4.11. The molecule has 0 unspecified atom stereocenters. The number of benzene rings is 1. The number of pyridine rings is 1. The van der Waals surface area contributed by atoms with Crippen LogP contribution in [-0.2, 0) is 6.54 Å². The van der Waals surface area contributed by atoms with Crippen LogP contribution in [0.5, 0.6) is 0 Å². The molecule has 0 saturated heterocycles. The third-order valence-corrected chi connectivity index (χ3v) is 3.44. The van der Waals surface area contributed by atoms with E-state index >= 15 is 0 Å². The molecule has 21 heavy (non-hydrogen) atoms. The van der Waals surface area contributed by atoms with Gasteiger partial charge >= 0.3 is 5.97 Å². The van der Waals surface area contributed by atoms with E-state index in [9.17, 15) is 4.79 Å². The fraction of sp³-hybridized carbons (Fsp3) is 0.200. The number of para-hydroxylation sites is 1. The Hall–Kier alpha value is -2.76. The van der Waals surface area contributed by atoms with Gasteiger partial charge in [0, 0.05) is 11.1 Å². The molecule has 0 radical (unpaired) electrons. The van der Waals surface area contributed by atoms with Crippen molar-refractivity contribution in [3.8, 4) is 0 Å². The Balaban J connectivity index is 2.08. The van der Waals surface area contributed by atoms with Crippen molar-refractivity contribution >= 4 is 16.9 Å². The molecule has 6 heteroatoms. The second-order valence-corrected chi connectivity index (χ2v) is 4.93. The van der Waals surface area contributed by atoms with Gasteiger partial charge in [0.25, 0.3) is 0 Å². The monoisotopic (exact) mass is 282 g/mol. The van der Waals surface area contributed by atoms with Crippen LogP contribution in [-0.4, -0.2) is 31.1 Å². The first-order valence-electron chi connectivity index (χ1n) is 6.55. The SMILES string of the molecule is Cc1cc(Cn2nnc(C(=O)O)c2C)c2ccccc2n1. The molecule has 0 aliphatic heterocycles. The lowest BCUT2D eigenvalue weighted by molar-refractivity contribution is 0.0689. The maximum atomic E-state index is 11.0. The number of aromatic carboxylic acids is 1. The predicted molar refractivity (Wildman–Crippen MR) is 77.3 cm³/mol. The molecule has 3 aromatic rings. The van der Waals surface area contributed by atoms with Crippen LogP contribution in [0.1, 0.15) is 27.4 Å². The lowest BCUT2D eigenvalue weighted by Crippen LogP contribution is -2.07. The highest BCUT2D eigenvalue weighted by molar-refractivity contribution is 5.86. The standard InChI is InChI=1S/C15H14N4O2/c1-9-7-11(12-5-3-4-6-13(12)16-9)8-19-10(2)14(15(20)21)17-18-19/h3-7H,8H2,1-2H3,(H,20,21). The van der Waals surface area contributed by atoms with Crippen LogP contribution in [0.2, 0.25) is 0 Å². The second kappa shape index (κ2) is 4.97. The second-order valence-electron chi connectivity index (χ2n) is 4.93. The van der Waals surface area contributed by atoms with Gasteiger partial charge in [-0.05, 0) is 31.5 Å². The van der Waals surface area contributed by atoms with Crippen molar-refractivity contribution in [3.63, 3.8) is 0 Å². The molecule has 0 saturated carbocycles. The van der Waals surface area contributed by atoms with E-state index in [1.807, 2.05) is 37.3 Å². The van der Waals surface area contributed by atoms with E-state index in [1.165, 1.54) is 0 Å². The number of carbonyl (C=O) groups is 1. The summed E-state index contributed by atoms with van der Waals surface area (Å²) in [7, 11) is 0. The van der Waals surface area contributed by atoms with Gasteiger partial charge in [-0.2, -0.15) is 0 Å². The van der Waals surface area contributed by atoms with Crippen LogP contribution in [0.25, 0.3) is 10.9 Å². The van der Waals surface area contributed by atoms with Crippen molar-refractivity contribution in [1.29, 1.82) is 0 Å². The highest BCUT2D eigenvalue weighted by atomic mass is 16.4. The molecule has 0 aliphatic rings. The lowest BCUT2D eigenvalue weighted by Gasteiger charge is -2.08. The molecule has 6 nitrogen and oxygen atoms in total. The van der Waals surface area contributed by atoms with Gasteiger partial charge in [0.05, 0.1) is 17.8 Å². The smallest absolute Gasteiger partial charge is 0.358 e. The first-order valence-corrected chi connectivity index (χ1v) is 6.55. The highest BCUT2D eigenvalue weighted by Gasteiger charge is 2.16. The highest BCUT2D eigenvalue weighted by Crippen LogP contribution is 2.19. The molecule has 3 rings (SSSR count). The number of hydrogen-bond acceptors (Lipinski definition) is 4. The van der Waals surface area contributed by atoms with E-state index in [0.717, 1.165) is 22.2 Å². The van der Waals surface area contributed by atoms with Crippen LogP contribution in [0, 0.1) is 13.8 Å². The van der Waals surface area contributed by atoms with Gasteiger partial charge in [0.2, 0.25) is 0 Å². The van der Waals surface area contributed by atoms with Crippen molar-refractivity contribution in [2.75, 3.05) is 0 Å². The zero-order valence-electron chi connectivity index (χ0n) is 11.7. The molecule has 1 N–H and O–H groups in total. The largest absolute Gasteiger partial charge is 0.476 e. The van der Waals surface area contributed by atoms with Crippen molar-refractivity contribution < 1.29 is 9.90 Å². The summed E-state index contributed by atoms with van der Waals surface area (Å²) in [6.07, 6.45) is 0. The summed E-state index contributed by atoms with van der Waals surface area (Å²) in [5.74, 6) is -1.06. The number of aryl methyl sites for hydroxylation is 1. The first-order chi connectivity index (χ1) is 10.1. The van der Waals surface area contributed by atoms with Gasteiger partial charge in [0.15, 0.2) is 5.69 Å². The fourth-order valence-corrected chi connectivity index (χ4v) is 2.40. The molecule has 2 heterocycles. The maximum absolute atomic E-state index is 11.0. The van der Waals surface area contributed by atoms with Crippen molar-refractivity contribution in [3.05, 3.63) is 53.0 Å². The van der Waals surface area contributed by atoms with Gasteiger partial charge < -0.3 is 5.11 Å². The van der Waals surface area contributed by atoms with E-state index < -0.39 is 5.97 Å². The Bertz CT molecular complexity index is 839. The van der Waals surface area contributed by atoms with Crippen LogP contribution >= 0.6 is 0 Å². The van der Waals surface area contributed by atoms with Crippen molar-refractivity contribution in [2.45, 2.75) is 20.4 Å². The summed E-state index contributed by atoms with van der Waals surface area (Å²) in [6, 6.07) is 9.86. The molecule has 0 spiro atoms. The lowest BCUT2D eigenvalue weighted by atomic mass is 10.1. The third kappa shape index (κ3) is 2.35. The van der Waals surface area contributed by atoms with Gasteiger partial charge in [-0.3, -0.25) is 4.98 Å². The molecule has 0 atom stereocenters. The van der Waals surface area contributed by atoms with E-state index in [2.05, 4.69) is 15.3 Å². The van der Waals surface area contributed by atoms with Gasteiger partial charge in [-0.25, -0.2) is 9.48 Å². The average Bonchev–Trinajstić information content (AvgIpc) is 2.80. The summed E-state index contributed by atoms with van der Waals surface area (Å²) < 4.78 is 1.60. The van der Waals surface area contributed by atoms with Gasteiger partial charge in [0.1, 0.15) is 0 Å². The normalized spacial score (nSPS) is 11.0. The zero-order valence-corrected chi connectivity index (χ0v) is 11.7. The number of rotatable bonds is 3. The Morgan fingerprint density at radius 1 is 1.29 bits per heavy atom. The Labute approximate surface area is 121 Å². The van der Waals surface area contributed by atoms with E-state index in [4.69, 9.17) is 5.11 Å². The summed E-state index contributed by atoms with van der Waals surface area (Å²) in [4.78, 5) is 15.5. The number of carboxylic acid groups (broad SMARTS) is 1. The van der Waals surface area contributed by atoms with Gasteiger partial charge in [-0.1, -0.05) is 23.4 Å². The molecule has 0 amide bonds. The van der Waals surface area contributed by atoms with Crippen LogP contribution in [0.15, 0.2) is 30.3 Å². The quantitative estimate of drug-likeness (QED) is 0.796. The Kier molecular flexibility index (Phi) is 3.13. The molecule has 1 aromatic carbocycles. The Morgan fingerprint density at radius 3 is 2.76 bits per heavy atom. The van der Waals surface area contributed by atoms with Crippen molar-refractivity contribution in [1.82, 2.24) is 20.0 Å². The van der Waals surface area contributed by atoms with E-state index in [0.29, 0.717) is 12.2 Å². The minimum atomic E-state index is -1.06. The van der Waals surface area contributed by atoms with E-state index in [-0.39, 0.29) is 5.69 Å². The molecular weight excluding hydrogens is 268 g/mol. The van der Waals surface area contributed by atoms with E-state index in [1.54, 1.807) is 11.6 Å². The predicted octanol–water partition coefficient (Wildman–Crippen LogP) is 2.19. The zero-order chi connectivity index (χ0) is 15.0. The molecule has 2 aromatic heterocycles. The number of carboxylic acids is 1. The maximum Gasteiger partial charge on any atom is 0.358 e. The molecule has 0 bridgehead atoms. The topological polar surface area (TPSA) is 80.9 Å². The summed E-state index contributed by atoms with van der Waals surface area (Å²) >= 11 is 0. The molecular formula is C15H14N4O2. The minimum Gasteiger partial charge on any atom is -0.476 e. The number of fused-ring (bicyclic) bond motifs is 1.